The number of benzene rings is 1. The minimum atomic E-state index is -0.298. The summed E-state index contributed by atoms with van der Waals surface area (Å²) in [7, 11) is 0. The van der Waals surface area contributed by atoms with Crippen molar-refractivity contribution in [2.75, 3.05) is 6.54 Å². The van der Waals surface area contributed by atoms with Gasteiger partial charge in [-0.1, -0.05) is 30.3 Å². The summed E-state index contributed by atoms with van der Waals surface area (Å²) in [5.41, 5.74) is 2.80. The van der Waals surface area contributed by atoms with Crippen LogP contribution in [0.2, 0.25) is 0 Å². The molecule has 1 unspecified atom stereocenters. The third-order valence-corrected chi connectivity index (χ3v) is 4.90. The van der Waals surface area contributed by atoms with Crippen molar-refractivity contribution in [3.8, 4) is 0 Å². The molecule has 2 amide bonds. The summed E-state index contributed by atoms with van der Waals surface area (Å²) in [6.07, 6.45) is 6.35. The van der Waals surface area contributed by atoms with Crippen LogP contribution < -0.4 is 5.32 Å². The van der Waals surface area contributed by atoms with Gasteiger partial charge >= 0.3 is 0 Å². The molecule has 142 valence electrons. The Morgan fingerprint density at radius 2 is 1.93 bits per heavy atom. The van der Waals surface area contributed by atoms with Crippen molar-refractivity contribution in [2.45, 2.75) is 25.8 Å². The van der Waals surface area contributed by atoms with E-state index in [1.807, 2.05) is 59.1 Å². The lowest BCUT2D eigenvalue weighted by atomic mass is 9.93. The second kappa shape index (κ2) is 7.64. The predicted octanol–water partition coefficient (Wildman–Crippen LogP) is 2.35. The molecule has 0 saturated heterocycles. The van der Waals surface area contributed by atoms with E-state index in [1.165, 1.54) is 6.92 Å². The summed E-state index contributed by atoms with van der Waals surface area (Å²) in [6.45, 7) is 1.97. The number of pyridine rings is 1. The molecule has 28 heavy (non-hydrogen) atoms. The van der Waals surface area contributed by atoms with E-state index in [2.05, 4.69) is 15.5 Å². The number of nitrogens with zero attached hydrogens (tertiary/aromatic N) is 4. The van der Waals surface area contributed by atoms with Gasteiger partial charge in [0.15, 0.2) is 5.65 Å². The second-order valence-electron chi connectivity index (χ2n) is 6.74. The van der Waals surface area contributed by atoms with Crippen LogP contribution in [0.1, 0.15) is 36.3 Å². The quantitative estimate of drug-likeness (QED) is 0.742. The maximum absolute atomic E-state index is 12.6. The highest BCUT2D eigenvalue weighted by molar-refractivity contribution is 5.81. The van der Waals surface area contributed by atoms with Gasteiger partial charge in [0.1, 0.15) is 5.82 Å². The number of aromatic nitrogens is 3. The van der Waals surface area contributed by atoms with Crippen molar-refractivity contribution in [3.63, 3.8) is 0 Å². The molecule has 1 atom stereocenters. The number of rotatable bonds is 5. The third-order valence-electron chi connectivity index (χ3n) is 4.90. The molecule has 1 aliphatic rings. The van der Waals surface area contributed by atoms with E-state index in [0.717, 1.165) is 22.6 Å². The van der Waals surface area contributed by atoms with Gasteiger partial charge in [0, 0.05) is 32.3 Å². The molecule has 0 aliphatic carbocycles. The van der Waals surface area contributed by atoms with Gasteiger partial charge in [-0.05, 0) is 29.3 Å². The number of hydrogen-bond acceptors (Lipinski definition) is 4. The zero-order valence-electron chi connectivity index (χ0n) is 15.6. The van der Waals surface area contributed by atoms with E-state index in [9.17, 15) is 9.59 Å². The highest BCUT2D eigenvalue weighted by atomic mass is 16.2. The van der Waals surface area contributed by atoms with Gasteiger partial charge in [0.25, 0.3) is 0 Å². The molecule has 7 nitrogen and oxygen atoms in total. The molecule has 4 rings (SSSR count). The molecule has 3 aromatic rings. The van der Waals surface area contributed by atoms with E-state index < -0.39 is 0 Å². The van der Waals surface area contributed by atoms with Crippen molar-refractivity contribution in [1.82, 2.24) is 24.8 Å². The molecule has 1 aliphatic heterocycles. The molecule has 2 aromatic heterocycles. The fourth-order valence-electron chi connectivity index (χ4n) is 3.54. The van der Waals surface area contributed by atoms with Crippen molar-refractivity contribution in [2.24, 2.45) is 0 Å². The first-order chi connectivity index (χ1) is 13.6. The molecular weight excluding hydrogens is 354 g/mol. The van der Waals surface area contributed by atoms with Crippen LogP contribution in [-0.2, 0) is 16.0 Å². The molecule has 0 saturated carbocycles. The smallest absolute Gasteiger partial charge is 0.223 e. The van der Waals surface area contributed by atoms with Gasteiger partial charge in [0.2, 0.25) is 11.8 Å². The number of nitrogens with one attached hydrogen (secondary N) is 1. The van der Waals surface area contributed by atoms with Crippen LogP contribution in [0.4, 0.5) is 0 Å². The molecule has 0 fully saturated rings. The Morgan fingerprint density at radius 1 is 1.11 bits per heavy atom. The van der Waals surface area contributed by atoms with Crippen LogP contribution in [0, 0.1) is 0 Å². The largest absolute Gasteiger partial charge is 0.356 e. The van der Waals surface area contributed by atoms with E-state index in [-0.39, 0.29) is 24.3 Å². The average molecular weight is 375 g/mol. The van der Waals surface area contributed by atoms with Crippen molar-refractivity contribution in [1.29, 1.82) is 0 Å². The SMILES string of the molecule is CC(=O)N1C=Cc2ccccc2C1CC(=O)NCCc1nnc2ccccn12. The lowest BCUT2D eigenvalue weighted by molar-refractivity contribution is -0.129. The molecule has 3 heterocycles. The lowest BCUT2D eigenvalue weighted by Crippen LogP contribution is -2.35. The second-order valence-corrected chi connectivity index (χ2v) is 6.74. The number of fused-ring (bicyclic) bond motifs is 2. The van der Waals surface area contributed by atoms with Gasteiger partial charge in [-0.25, -0.2) is 0 Å². The fraction of sp³-hybridized carbons (Fsp3) is 0.238. The summed E-state index contributed by atoms with van der Waals surface area (Å²) in [6, 6.07) is 13.3. The number of carbonyl (C=O) groups is 2. The summed E-state index contributed by atoms with van der Waals surface area (Å²) >= 11 is 0. The van der Waals surface area contributed by atoms with E-state index in [1.54, 1.807) is 11.1 Å². The Bertz CT molecular complexity index is 1060. The van der Waals surface area contributed by atoms with E-state index in [0.29, 0.717) is 13.0 Å². The maximum Gasteiger partial charge on any atom is 0.223 e. The molecule has 0 radical (unpaired) electrons. The predicted molar refractivity (Wildman–Crippen MR) is 105 cm³/mol. The van der Waals surface area contributed by atoms with Crippen LogP contribution in [0.5, 0.6) is 0 Å². The summed E-state index contributed by atoms with van der Waals surface area (Å²) in [4.78, 5) is 26.2. The Hall–Kier alpha value is -3.48. The number of hydrogen-bond donors (Lipinski definition) is 1. The lowest BCUT2D eigenvalue weighted by Gasteiger charge is -2.32. The fourth-order valence-corrected chi connectivity index (χ4v) is 3.54. The van der Waals surface area contributed by atoms with Crippen molar-refractivity contribution in [3.05, 3.63) is 71.8 Å². The monoisotopic (exact) mass is 375 g/mol. The molecule has 0 spiro atoms. The van der Waals surface area contributed by atoms with Crippen molar-refractivity contribution >= 4 is 23.5 Å². The zero-order valence-corrected chi connectivity index (χ0v) is 15.6. The van der Waals surface area contributed by atoms with Crippen LogP contribution in [0.15, 0.2) is 54.9 Å². The summed E-state index contributed by atoms with van der Waals surface area (Å²) < 4.78 is 1.91. The Morgan fingerprint density at radius 3 is 2.79 bits per heavy atom. The van der Waals surface area contributed by atoms with Crippen LogP contribution in [-0.4, -0.2) is 37.9 Å². The van der Waals surface area contributed by atoms with E-state index in [4.69, 9.17) is 0 Å². The highest BCUT2D eigenvalue weighted by Gasteiger charge is 2.28. The van der Waals surface area contributed by atoms with Crippen molar-refractivity contribution < 1.29 is 9.59 Å². The number of carbonyl (C=O) groups excluding carboxylic acids is 2. The Labute approximate surface area is 162 Å². The topological polar surface area (TPSA) is 79.6 Å². The molecule has 0 bridgehead atoms. The molecule has 1 N–H and O–H groups in total. The first-order valence-electron chi connectivity index (χ1n) is 9.25. The normalized spacial score (nSPS) is 15.5. The third kappa shape index (κ3) is 3.51. The Balaban J connectivity index is 1.41. The van der Waals surface area contributed by atoms with Gasteiger partial charge in [-0.15, -0.1) is 10.2 Å². The van der Waals surface area contributed by atoms with Crippen LogP contribution in [0.3, 0.4) is 0 Å². The minimum absolute atomic E-state index is 0.0847. The maximum atomic E-state index is 12.6. The molecular formula is C21H21N5O2. The number of amides is 2. The highest BCUT2D eigenvalue weighted by Crippen LogP contribution is 2.32. The zero-order chi connectivity index (χ0) is 19.5. The minimum Gasteiger partial charge on any atom is -0.356 e. The van der Waals surface area contributed by atoms with E-state index >= 15 is 0 Å². The van der Waals surface area contributed by atoms with Crippen LogP contribution in [0.25, 0.3) is 11.7 Å². The van der Waals surface area contributed by atoms with Gasteiger partial charge < -0.3 is 10.2 Å². The van der Waals surface area contributed by atoms with Gasteiger partial charge in [0.05, 0.1) is 12.5 Å². The summed E-state index contributed by atoms with van der Waals surface area (Å²) in [5.74, 6) is 0.612. The van der Waals surface area contributed by atoms with Crippen LogP contribution >= 0.6 is 0 Å². The van der Waals surface area contributed by atoms with Gasteiger partial charge in [-0.2, -0.15) is 0 Å². The van der Waals surface area contributed by atoms with Gasteiger partial charge in [-0.3, -0.25) is 14.0 Å². The first-order valence-corrected chi connectivity index (χ1v) is 9.25. The first kappa shape index (κ1) is 17.9. The molecule has 1 aromatic carbocycles. The molecule has 7 heteroatoms. The standard InChI is InChI=1S/C21H21N5O2/c1-15(27)25-13-10-16-6-2-3-7-17(16)18(25)14-21(28)22-11-9-20-24-23-19-8-4-5-12-26(19)20/h2-8,10,12-13,18H,9,11,14H2,1H3,(H,22,28). The Kier molecular flexibility index (Phi) is 4.89. The average Bonchev–Trinajstić information content (AvgIpc) is 3.11. The summed E-state index contributed by atoms with van der Waals surface area (Å²) in [5, 5.41) is 11.2.